The molecule has 2 fully saturated rings. The van der Waals surface area contributed by atoms with Crippen molar-refractivity contribution in [3.05, 3.63) is 76.9 Å². The zero-order valence-corrected chi connectivity index (χ0v) is 47.9. The van der Waals surface area contributed by atoms with E-state index >= 15 is 0 Å². The van der Waals surface area contributed by atoms with Crippen LogP contribution in [0.25, 0.3) is 0 Å². The minimum absolute atomic E-state index is 0.0822. The maximum Gasteiger partial charge on any atom is 0.409 e. The molecule has 0 saturated carbocycles. The summed E-state index contributed by atoms with van der Waals surface area (Å²) < 4.78 is 35.1. The van der Waals surface area contributed by atoms with Crippen LogP contribution in [0.1, 0.15) is 90.3 Å². The Bertz CT molecular complexity index is 2650. The fourth-order valence-corrected chi connectivity index (χ4v) is 9.53. The molecule has 3 aliphatic rings. The summed E-state index contributed by atoms with van der Waals surface area (Å²) in [5, 5.41) is 22.3. The first kappa shape index (κ1) is 63.6. The molecule has 2 aromatic carbocycles. The van der Waals surface area contributed by atoms with Crippen LogP contribution in [0.4, 0.5) is 25.8 Å². The molecule has 24 nitrogen and oxygen atoms in total. The molecule has 2 aromatic rings. The molecule has 8 amide bonds. The Hall–Kier alpha value is -7.28. The Morgan fingerprint density at radius 2 is 1.71 bits per heavy atom. The van der Waals surface area contributed by atoms with E-state index in [4.69, 9.17) is 39.9 Å². The number of nitrogens with one attached hydrogen (secondary N) is 4. The van der Waals surface area contributed by atoms with Crippen molar-refractivity contribution in [1.29, 1.82) is 0 Å². The zero-order valence-electron chi connectivity index (χ0n) is 47.9. The molecule has 0 radical (unpaired) electrons. The number of fused-ring (bicyclic) bond motifs is 5. The number of alkyl carbamates (subject to hydrolysis) is 1. The van der Waals surface area contributed by atoms with Crippen molar-refractivity contribution in [2.24, 2.45) is 23.3 Å². The predicted octanol–water partition coefficient (Wildman–Crippen LogP) is 3.68. The van der Waals surface area contributed by atoms with Gasteiger partial charge in [-0.2, -0.15) is 0 Å². The van der Waals surface area contributed by atoms with Gasteiger partial charge in [-0.15, -0.1) is 0 Å². The van der Waals surface area contributed by atoms with Crippen molar-refractivity contribution in [3.63, 3.8) is 0 Å². The lowest BCUT2D eigenvalue weighted by Gasteiger charge is -2.42. The van der Waals surface area contributed by atoms with E-state index in [-0.39, 0.29) is 51.3 Å². The van der Waals surface area contributed by atoms with Gasteiger partial charge >= 0.3 is 24.2 Å². The SMILES string of the molecule is COc1cc2cc(c1C)N(C)C(=O)C[C@H](OC(=O)[C@H](C)N(C)C(=O)CCN(C)C(=O)OCc1ccc(NC(=O)[C@H](CCCNC(N)=O)NC(=O)[C@@H](N)C(C)C)cc1)[C@]1(C)O[C@H]1[C@H](C)[C@@H]1C[C@@](O)(NC(=O)O1)[C@H](OC)/C=C/C=C(\C)C2. The van der Waals surface area contributed by atoms with Gasteiger partial charge in [0.25, 0.3) is 0 Å². The van der Waals surface area contributed by atoms with Gasteiger partial charge in [0, 0.05) is 71.4 Å². The summed E-state index contributed by atoms with van der Waals surface area (Å²) in [6.07, 6.45) is 0.116. The molecule has 80 heavy (non-hydrogen) atoms. The van der Waals surface area contributed by atoms with Crippen LogP contribution < -0.4 is 42.4 Å². The van der Waals surface area contributed by atoms with E-state index < -0.39 is 108 Å². The highest BCUT2D eigenvalue weighted by Gasteiger charge is 2.64. The number of urea groups is 1. The summed E-state index contributed by atoms with van der Waals surface area (Å²) in [4.78, 5) is 109. The van der Waals surface area contributed by atoms with Gasteiger partial charge in [0.1, 0.15) is 48.4 Å². The summed E-state index contributed by atoms with van der Waals surface area (Å²) >= 11 is 0. The Labute approximate surface area is 467 Å². The topological polar surface area (TPSA) is 325 Å². The van der Waals surface area contributed by atoms with Crippen molar-refractivity contribution in [1.82, 2.24) is 25.8 Å². The second-order valence-corrected chi connectivity index (χ2v) is 21.4. The lowest BCUT2D eigenvalue weighted by atomic mass is 9.83. The Balaban J connectivity index is 1.23. The third-order valence-electron chi connectivity index (χ3n) is 15.0. The maximum atomic E-state index is 14.4. The number of rotatable bonds is 19. The Kier molecular flexibility index (Phi) is 22.0. The average Bonchev–Trinajstić information content (AvgIpc) is 4.25. The number of carbonyl (C=O) groups excluding carboxylic acids is 8. The quantitative estimate of drug-likeness (QED) is 0.0457. The van der Waals surface area contributed by atoms with Crippen molar-refractivity contribution < 1.29 is 71.9 Å². The number of benzene rings is 2. The third-order valence-corrected chi connectivity index (χ3v) is 15.0. The fourth-order valence-electron chi connectivity index (χ4n) is 9.53. The zero-order chi connectivity index (χ0) is 59.4. The lowest BCUT2D eigenvalue weighted by Crippen LogP contribution is -2.63. The highest BCUT2D eigenvalue weighted by atomic mass is 16.7. The number of ether oxygens (including phenoxy) is 6. The van der Waals surface area contributed by atoms with Crippen molar-refractivity contribution in [2.45, 2.75) is 147 Å². The first-order valence-electron chi connectivity index (χ1n) is 26.7. The highest BCUT2D eigenvalue weighted by Crippen LogP contribution is 2.49. The molecule has 0 spiro atoms. The van der Waals surface area contributed by atoms with Crippen LogP contribution in [0.15, 0.2) is 60.2 Å². The molecule has 0 unspecified atom stereocenters. The molecular weight excluding hydrogens is 1040 g/mol. The van der Waals surface area contributed by atoms with Crippen LogP contribution >= 0.6 is 0 Å². The van der Waals surface area contributed by atoms with E-state index in [1.807, 2.05) is 32.1 Å². The number of methoxy groups -OCH3 is 2. The summed E-state index contributed by atoms with van der Waals surface area (Å²) in [5.41, 5.74) is 12.0. The maximum absolute atomic E-state index is 14.4. The second kappa shape index (κ2) is 27.7. The number of hydrogen-bond donors (Lipinski definition) is 7. The Morgan fingerprint density at radius 3 is 2.35 bits per heavy atom. The van der Waals surface area contributed by atoms with Gasteiger partial charge in [0.05, 0.1) is 31.4 Å². The lowest BCUT2D eigenvalue weighted by molar-refractivity contribution is -0.162. The van der Waals surface area contributed by atoms with Gasteiger partial charge < -0.3 is 75.6 Å². The Morgan fingerprint density at radius 1 is 1.02 bits per heavy atom. The van der Waals surface area contributed by atoms with Crippen LogP contribution in [0.3, 0.4) is 0 Å². The molecule has 3 heterocycles. The summed E-state index contributed by atoms with van der Waals surface area (Å²) in [6, 6.07) is 6.54. The number of nitrogens with zero attached hydrogens (tertiary/aromatic N) is 3. The van der Waals surface area contributed by atoms with Crippen LogP contribution in [0.5, 0.6) is 5.75 Å². The summed E-state index contributed by atoms with van der Waals surface area (Å²) in [5.74, 6) is -3.00. The highest BCUT2D eigenvalue weighted by molar-refractivity contribution is 5.98. The smallest absolute Gasteiger partial charge is 0.409 e. The standard InChI is InChI=1S/C56H81N9O15/c1-31(2)47(57)50(69)61-39(16-14-23-59-52(58)71)49(68)60-38-20-18-36(19-21-38)30-77-54(73)63(8)24-22-45(66)64(9)35(6)51(70)79-44-28-46(67)65(10)40-26-37(27-41(75-11)33(40)4)25-32(3)15-13-17-43(76-12)56(74)29-42(78-53(72)62-56)34(5)48-55(44,7)80-48/h13,15,17-21,26-27,31,34-35,39,42-44,47-48,74H,14,16,22-25,28-30,57H2,1-12H3,(H,60,68)(H,61,69)(H,62,72)(H3,58,59,71)/b17-13+,32-15+/t34-,35+,39+,42+,43-,44+,47+,48+,55+,56+/m1/s1. The molecule has 2 saturated heterocycles. The number of amides is 8. The molecule has 4 bridgehead atoms. The van der Waals surface area contributed by atoms with E-state index in [0.29, 0.717) is 41.1 Å². The van der Waals surface area contributed by atoms with E-state index in [1.165, 1.54) is 42.8 Å². The van der Waals surface area contributed by atoms with Crippen LogP contribution in [-0.2, 0) is 60.7 Å². The molecule has 0 aliphatic carbocycles. The largest absolute Gasteiger partial charge is 0.496 e. The van der Waals surface area contributed by atoms with E-state index in [2.05, 4.69) is 21.3 Å². The van der Waals surface area contributed by atoms with E-state index in [1.54, 1.807) is 78.3 Å². The van der Waals surface area contributed by atoms with Crippen molar-refractivity contribution in [3.8, 4) is 5.75 Å². The number of nitrogens with two attached hydrogens (primary N) is 2. The first-order valence-corrected chi connectivity index (χ1v) is 26.7. The molecule has 24 heteroatoms. The van der Waals surface area contributed by atoms with E-state index in [9.17, 15) is 43.5 Å². The van der Waals surface area contributed by atoms with Gasteiger partial charge in [-0.1, -0.05) is 56.7 Å². The molecule has 0 aromatic heterocycles. The molecule has 440 valence electrons. The van der Waals surface area contributed by atoms with Crippen molar-refractivity contribution >= 4 is 59.2 Å². The number of allylic oxidation sites excluding steroid dienone is 3. The average molecular weight is 1120 g/mol. The van der Waals surface area contributed by atoms with Gasteiger partial charge in [-0.3, -0.25) is 24.5 Å². The van der Waals surface area contributed by atoms with Crippen LogP contribution in [0, 0.1) is 18.8 Å². The van der Waals surface area contributed by atoms with E-state index in [0.717, 1.165) is 11.1 Å². The summed E-state index contributed by atoms with van der Waals surface area (Å²) in [6.45, 7) is 12.2. The van der Waals surface area contributed by atoms with Crippen molar-refractivity contribution in [2.75, 3.05) is 58.7 Å². The first-order chi connectivity index (χ1) is 37.6. The summed E-state index contributed by atoms with van der Waals surface area (Å²) in [7, 11) is 7.44. The number of esters is 1. The van der Waals surface area contributed by atoms with Gasteiger partial charge in [-0.25, -0.2) is 19.2 Å². The second-order valence-electron chi connectivity index (χ2n) is 21.4. The van der Waals surface area contributed by atoms with Crippen LogP contribution in [0.2, 0.25) is 0 Å². The minimum atomic E-state index is -1.88. The minimum Gasteiger partial charge on any atom is -0.496 e. The number of primary amides is 1. The normalized spacial score (nSPS) is 25.1. The number of hydrogen-bond acceptors (Lipinski definition) is 16. The molecular formula is C56H81N9O15. The number of likely N-dealkylation sites (N-methyl/N-ethyl adjacent to an activating group) is 1. The number of aliphatic hydroxyl groups is 1. The number of anilines is 2. The molecule has 10 atom stereocenters. The number of carbonyl (C=O) groups is 8. The third kappa shape index (κ3) is 16.4. The van der Waals surface area contributed by atoms with Gasteiger partial charge in [0.15, 0.2) is 5.72 Å². The van der Waals surface area contributed by atoms with Gasteiger partial charge in [-0.05, 0) is 88.3 Å². The molecule has 3 aliphatic heterocycles. The molecule has 9 N–H and O–H groups in total. The van der Waals surface area contributed by atoms with Crippen LogP contribution in [-0.4, -0.2) is 165 Å². The number of epoxide rings is 1. The van der Waals surface area contributed by atoms with Gasteiger partial charge in [0.2, 0.25) is 23.6 Å². The predicted molar refractivity (Wildman–Crippen MR) is 295 cm³/mol. The monoisotopic (exact) mass is 1120 g/mol. The molecule has 5 rings (SSSR count). The fraction of sp³-hybridized carbons (Fsp3) is 0.571.